The number of rotatable bonds is 4. The van der Waals surface area contributed by atoms with E-state index in [1.165, 1.54) is 0 Å². The molecule has 3 heteroatoms. The maximum Gasteiger partial charge on any atom is 0.154 e. The van der Waals surface area contributed by atoms with Crippen LogP contribution in [0.1, 0.15) is 47.5 Å². The number of likely N-dealkylation sites (N-methyl/N-ethyl adjacent to an activating group) is 1. The fourth-order valence-electron chi connectivity index (χ4n) is 1.50. The molecule has 1 aliphatic heterocycles. The van der Waals surface area contributed by atoms with Crippen molar-refractivity contribution in [1.82, 2.24) is 4.90 Å². The van der Waals surface area contributed by atoms with Crippen molar-refractivity contribution in [2.24, 2.45) is 0 Å². The fraction of sp³-hybridized carbons (Fsp3) is 0.714. The van der Waals surface area contributed by atoms with Gasteiger partial charge in [-0.05, 0) is 25.8 Å². The molecule has 1 atom stereocenters. The molecule has 0 N–H and O–H groups in total. The van der Waals surface area contributed by atoms with E-state index in [-0.39, 0.29) is 6.10 Å². The van der Waals surface area contributed by atoms with Gasteiger partial charge >= 0.3 is 0 Å². The summed E-state index contributed by atoms with van der Waals surface area (Å²) in [6.45, 7) is 10.4. The normalized spacial score (nSPS) is 19.3. The summed E-state index contributed by atoms with van der Waals surface area (Å²) < 4.78 is 5.84. The van der Waals surface area contributed by atoms with Gasteiger partial charge in [-0.2, -0.15) is 0 Å². The smallest absolute Gasteiger partial charge is 0.154 e. The first-order chi connectivity index (χ1) is 8.10. The van der Waals surface area contributed by atoms with E-state index in [0.29, 0.717) is 11.2 Å². The molecule has 1 heterocycles. The minimum absolute atomic E-state index is 0.264. The lowest BCUT2D eigenvalue weighted by Crippen LogP contribution is -2.29. The van der Waals surface area contributed by atoms with Crippen LogP contribution in [0.15, 0.2) is 23.1 Å². The highest BCUT2D eigenvalue weighted by Crippen LogP contribution is 2.25. The molecule has 0 aromatic rings. The van der Waals surface area contributed by atoms with Gasteiger partial charge in [-0.1, -0.05) is 45.4 Å². The first-order valence-electron chi connectivity index (χ1n) is 6.57. The Kier molecular flexibility index (Phi) is 8.15. The number of allylic oxidation sites excluding steroid dienone is 1. The van der Waals surface area contributed by atoms with Gasteiger partial charge in [0.05, 0.1) is 6.10 Å². The number of ether oxygens (including phenoxy) is 1. The number of hydrogen-bond donors (Lipinski definition) is 0. The van der Waals surface area contributed by atoms with Crippen LogP contribution in [0.5, 0.6) is 0 Å². The molecule has 1 aliphatic rings. The Hall–Kier alpha value is -0.630. The van der Waals surface area contributed by atoms with Crippen molar-refractivity contribution in [3.05, 3.63) is 23.1 Å². The van der Waals surface area contributed by atoms with Crippen LogP contribution in [-0.2, 0) is 4.74 Å². The quantitative estimate of drug-likeness (QED) is 0.689. The first-order valence-corrected chi connectivity index (χ1v) is 6.95. The molecule has 0 fully saturated rings. The molecular weight excluding hydrogens is 234 g/mol. The summed E-state index contributed by atoms with van der Waals surface area (Å²) in [6, 6.07) is 0.339. The molecule has 1 unspecified atom stereocenters. The third-order valence-electron chi connectivity index (χ3n) is 2.85. The van der Waals surface area contributed by atoms with Gasteiger partial charge < -0.3 is 9.64 Å². The summed E-state index contributed by atoms with van der Waals surface area (Å²) in [4.78, 5) is 2.01. The zero-order valence-corrected chi connectivity index (χ0v) is 12.7. The van der Waals surface area contributed by atoms with Gasteiger partial charge in [0.25, 0.3) is 0 Å². The summed E-state index contributed by atoms with van der Waals surface area (Å²) in [5.41, 5.74) is 0. The SMILES string of the molecule is CC.CCC(CC)OC1=C(Cl)N(C)C(C)C=C1. The molecule has 2 nitrogen and oxygen atoms in total. The van der Waals surface area contributed by atoms with E-state index in [4.69, 9.17) is 16.3 Å². The first kappa shape index (κ1) is 16.4. The molecule has 17 heavy (non-hydrogen) atoms. The molecule has 1 rings (SSSR count). The van der Waals surface area contributed by atoms with Crippen molar-refractivity contribution in [2.75, 3.05) is 7.05 Å². The highest BCUT2D eigenvalue weighted by atomic mass is 35.5. The lowest BCUT2D eigenvalue weighted by atomic mass is 10.2. The third kappa shape index (κ3) is 4.63. The van der Waals surface area contributed by atoms with Crippen LogP contribution in [0.4, 0.5) is 0 Å². The predicted octanol–water partition coefficient (Wildman–Crippen LogP) is 4.52. The number of halogens is 1. The minimum atomic E-state index is 0.264. The van der Waals surface area contributed by atoms with E-state index >= 15 is 0 Å². The predicted molar refractivity (Wildman–Crippen MR) is 76.0 cm³/mol. The summed E-state index contributed by atoms with van der Waals surface area (Å²) in [5.74, 6) is 0.797. The Morgan fingerprint density at radius 2 is 1.88 bits per heavy atom. The van der Waals surface area contributed by atoms with Gasteiger partial charge in [0.1, 0.15) is 5.16 Å². The number of hydrogen-bond acceptors (Lipinski definition) is 2. The van der Waals surface area contributed by atoms with Crippen molar-refractivity contribution in [3.8, 4) is 0 Å². The van der Waals surface area contributed by atoms with E-state index in [9.17, 15) is 0 Å². The van der Waals surface area contributed by atoms with E-state index in [1.807, 2.05) is 31.9 Å². The molecule has 0 aromatic carbocycles. The Labute approximate surface area is 111 Å². The van der Waals surface area contributed by atoms with Crippen molar-refractivity contribution < 1.29 is 4.74 Å². The molecule has 0 saturated heterocycles. The molecule has 0 spiro atoms. The Balaban J connectivity index is 0.00000121. The fourth-order valence-corrected chi connectivity index (χ4v) is 1.76. The Bertz CT molecular complexity index is 269. The van der Waals surface area contributed by atoms with Crippen molar-refractivity contribution >= 4 is 11.6 Å². The van der Waals surface area contributed by atoms with Gasteiger partial charge in [-0.25, -0.2) is 0 Å². The zero-order valence-electron chi connectivity index (χ0n) is 12.0. The van der Waals surface area contributed by atoms with Crippen LogP contribution < -0.4 is 0 Å². The molecule has 0 amide bonds. The lowest BCUT2D eigenvalue weighted by molar-refractivity contribution is 0.110. The topological polar surface area (TPSA) is 12.5 Å². The third-order valence-corrected chi connectivity index (χ3v) is 3.31. The number of nitrogens with zero attached hydrogens (tertiary/aromatic N) is 1. The average Bonchev–Trinajstić information content (AvgIpc) is 2.38. The van der Waals surface area contributed by atoms with Gasteiger partial charge in [0.15, 0.2) is 5.76 Å². The summed E-state index contributed by atoms with van der Waals surface area (Å²) >= 11 is 6.22. The van der Waals surface area contributed by atoms with Crippen LogP contribution in [0.3, 0.4) is 0 Å². The molecule has 0 radical (unpaired) electrons. The van der Waals surface area contributed by atoms with E-state index in [0.717, 1.165) is 18.6 Å². The second kappa shape index (κ2) is 8.46. The Morgan fingerprint density at radius 1 is 1.35 bits per heavy atom. The van der Waals surface area contributed by atoms with E-state index in [2.05, 4.69) is 26.8 Å². The van der Waals surface area contributed by atoms with E-state index in [1.54, 1.807) is 0 Å². The van der Waals surface area contributed by atoms with Crippen molar-refractivity contribution in [3.63, 3.8) is 0 Å². The van der Waals surface area contributed by atoms with Crippen LogP contribution in [-0.4, -0.2) is 24.1 Å². The molecule has 0 aromatic heterocycles. The Morgan fingerprint density at radius 3 is 2.35 bits per heavy atom. The maximum absolute atomic E-state index is 6.22. The van der Waals surface area contributed by atoms with Crippen LogP contribution in [0, 0.1) is 0 Å². The summed E-state index contributed by atoms with van der Waals surface area (Å²) in [7, 11) is 1.98. The van der Waals surface area contributed by atoms with Gasteiger partial charge in [-0.3, -0.25) is 0 Å². The van der Waals surface area contributed by atoms with Gasteiger partial charge in [0, 0.05) is 13.1 Å². The summed E-state index contributed by atoms with van der Waals surface area (Å²) in [6.07, 6.45) is 6.36. The highest BCUT2D eigenvalue weighted by molar-refractivity contribution is 6.29. The molecule has 0 bridgehead atoms. The zero-order chi connectivity index (χ0) is 13.4. The summed E-state index contributed by atoms with van der Waals surface area (Å²) in [5, 5.41) is 0.705. The highest BCUT2D eigenvalue weighted by Gasteiger charge is 2.19. The molecule has 100 valence electrons. The van der Waals surface area contributed by atoms with Crippen LogP contribution >= 0.6 is 11.6 Å². The molecule has 0 aliphatic carbocycles. The second-order valence-electron chi connectivity index (χ2n) is 3.92. The monoisotopic (exact) mass is 259 g/mol. The average molecular weight is 260 g/mol. The van der Waals surface area contributed by atoms with E-state index < -0.39 is 0 Å². The molecule has 0 saturated carbocycles. The largest absolute Gasteiger partial charge is 0.487 e. The maximum atomic E-state index is 6.22. The second-order valence-corrected chi connectivity index (χ2v) is 4.28. The van der Waals surface area contributed by atoms with Crippen molar-refractivity contribution in [2.45, 2.75) is 59.6 Å². The van der Waals surface area contributed by atoms with Crippen molar-refractivity contribution in [1.29, 1.82) is 0 Å². The van der Waals surface area contributed by atoms with Gasteiger partial charge in [-0.15, -0.1) is 0 Å². The minimum Gasteiger partial charge on any atom is -0.487 e. The van der Waals surface area contributed by atoms with Gasteiger partial charge in [0.2, 0.25) is 0 Å². The molecular formula is C14H26ClNO. The standard InChI is InChI=1S/C12H20ClNO.C2H6/c1-5-10(6-2)15-11-8-7-9(3)14(4)12(11)13;1-2/h7-10H,5-6H2,1-4H3;1-2H3. The lowest BCUT2D eigenvalue weighted by Gasteiger charge is -2.30. The van der Waals surface area contributed by atoms with Crippen LogP contribution in [0.25, 0.3) is 0 Å². The van der Waals surface area contributed by atoms with Crippen LogP contribution in [0.2, 0.25) is 0 Å².